The molecule has 0 radical (unpaired) electrons. The summed E-state index contributed by atoms with van der Waals surface area (Å²) in [6.45, 7) is 1.77. The smallest absolute Gasteiger partial charge is 0.337 e. The van der Waals surface area contributed by atoms with Gasteiger partial charge >= 0.3 is 5.97 Å². The minimum absolute atomic E-state index is 0.200. The number of carboxylic acids is 1. The van der Waals surface area contributed by atoms with E-state index in [-0.39, 0.29) is 5.56 Å². The van der Waals surface area contributed by atoms with Gasteiger partial charge in [0.05, 0.1) is 11.9 Å². The van der Waals surface area contributed by atoms with Crippen LogP contribution in [-0.4, -0.2) is 32.2 Å². The van der Waals surface area contributed by atoms with E-state index in [2.05, 4.69) is 15.3 Å². The number of rotatable bonds is 7. The van der Waals surface area contributed by atoms with Gasteiger partial charge in [0.25, 0.3) is 0 Å². The molecule has 0 aliphatic rings. The van der Waals surface area contributed by atoms with Crippen molar-refractivity contribution < 1.29 is 9.90 Å². The van der Waals surface area contributed by atoms with Crippen molar-refractivity contribution in [1.82, 2.24) is 14.5 Å². The SMILES string of the molecule is O=C(O)c1ccc(NCCCCn2ccnc2)nc1. The first kappa shape index (κ1) is 13.1. The van der Waals surface area contributed by atoms with Gasteiger partial charge in [-0.3, -0.25) is 0 Å². The molecule has 0 fully saturated rings. The predicted octanol–water partition coefficient (Wildman–Crippen LogP) is 1.87. The zero-order valence-corrected chi connectivity index (χ0v) is 10.5. The molecular weight excluding hydrogens is 244 g/mol. The number of aromatic nitrogens is 3. The maximum absolute atomic E-state index is 10.7. The van der Waals surface area contributed by atoms with Crippen LogP contribution in [-0.2, 0) is 6.54 Å². The van der Waals surface area contributed by atoms with E-state index in [9.17, 15) is 4.79 Å². The quantitative estimate of drug-likeness (QED) is 0.743. The van der Waals surface area contributed by atoms with Crippen LogP contribution in [0.5, 0.6) is 0 Å². The van der Waals surface area contributed by atoms with E-state index in [0.29, 0.717) is 5.82 Å². The molecule has 0 saturated carbocycles. The van der Waals surface area contributed by atoms with Crippen LogP contribution >= 0.6 is 0 Å². The molecule has 0 saturated heterocycles. The first-order valence-corrected chi connectivity index (χ1v) is 6.14. The van der Waals surface area contributed by atoms with Crippen molar-refractivity contribution in [2.45, 2.75) is 19.4 Å². The lowest BCUT2D eigenvalue weighted by Crippen LogP contribution is -2.06. The molecule has 6 nitrogen and oxygen atoms in total. The first-order valence-electron chi connectivity index (χ1n) is 6.14. The van der Waals surface area contributed by atoms with E-state index in [1.54, 1.807) is 24.7 Å². The summed E-state index contributed by atoms with van der Waals surface area (Å²) < 4.78 is 2.04. The Labute approximate surface area is 111 Å². The Morgan fingerprint density at radius 1 is 1.37 bits per heavy atom. The molecule has 2 heterocycles. The Bertz CT molecular complexity index is 508. The molecule has 0 atom stereocenters. The number of imidazole rings is 1. The summed E-state index contributed by atoms with van der Waals surface area (Å²) in [4.78, 5) is 18.7. The third-order valence-electron chi connectivity index (χ3n) is 2.72. The number of hydrogen-bond acceptors (Lipinski definition) is 4. The zero-order chi connectivity index (χ0) is 13.5. The van der Waals surface area contributed by atoms with Crippen molar-refractivity contribution >= 4 is 11.8 Å². The molecule has 0 amide bonds. The second kappa shape index (κ2) is 6.53. The molecule has 0 spiro atoms. The van der Waals surface area contributed by atoms with Crippen molar-refractivity contribution in [2.75, 3.05) is 11.9 Å². The number of carbonyl (C=O) groups is 1. The minimum atomic E-state index is -0.959. The lowest BCUT2D eigenvalue weighted by atomic mass is 10.3. The third kappa shape index (κ3) is 4.09. The summed E-state index contributed by atoms with van der Waals surface area (Å²) in [6, 6.07) is 3.22. The van der Waals surface area contributed by atoms with Crippen molar-refractivity contribution in [3.05, 3.63) is 42.6 Å². The zero-order valence-electron chi connectivity index (χ0n) is 10.5. The molecular formula is C13H16N4O2. The standard InChI is InChI=1S/C13H16N4O2/c18-13(19)11-3-4-12(16-9-11)15-5-1-2-7-17-8-6-14-10-17/h3-4,6,8-10H,1-2,5,7H2,(H,15,16)(H,18,19). The maximum Gasteiger partial charge on any atom is 0.337 e. The van der Waals surface area contributed by atoms with E-state index in [1.807, 2.05) is 10.8 Å². The van der Waals surface area contributed by atoms with E-state index >= 15 is 0 Å². The lowest BCUT2D eigenvalue weighted by molar-refractivity contribution is 0.0696. The molecule has 0 aliphatic heterocycles. The molecule has 100 valence electrons. The van der Waals surface area contributed by atoms with Crippen LogP contribution < -0.4 is 5.32 Å². The molecule has 19 heavy (non-hydrogen) atoms. The fraction of sp³-hybridized carbons (Fsp3) is 0.308. The fourth-order valence-electron chi connectivity index (χ4n) is 1.68. The second-order valence-electron chi connectivity index (χ2n) is 4.17. The largest absolute Gasteiger partial charge is 0.478 e. The number of hydrogen-bond donors (Lipinski definition) is 2. The molecule has 0 aliphatic carbocycles. The summed E-state index contributed by atoms with van der Waals surface area (Å²) >= 11 is 0. The highest BCUT2D eigenvalue weighted by molar-refractivity contribution is 5.87. The van der Waals surface area contributed by atoms with Crippen LogP contribution in [0.25, 0.3) is 0 Å². The van der Waals surface area contributed by atoms with Crippen molar-refractivity contribution in [3.63, 3.8) is 0 Å². The van der Waals surface area contributed by atoms with Crippen LogP contribution in [0.4, 0.5) is 5.82 Å². The summed E-state index contributed by atoms with van der Waals surface area (Å²) in [6.07, 6.45) is 8.94. The highest BCUT2D eigenvalue weighted by Crippen LogP contribution is 2.05. The van der Waals surface area contributed by atoms with E-state index in [4.69, 9.17) is 5.11 Å². The Morgan fingerprint density at radius 2 is 2.26 bits per heavy atom. The van der Waals surface area contributed by atoms with Crippen LogP contribution in [0.2, 0.25) is 0 Å². The summed E-state index contributed by atoms with van der Waals surface area (Å²) in [5, 5.41) is 11.9. The molecule has 2 aromatic rings. The Morgan fingerprint density at radius 3 is 2.89 bits per heavy atom. The number of nitrogens with one attached hydrogen (secondary N) is 1. The van der Waals surface area contributed by atoms with Crippen molar-refractivity contribution in [2.24, 2.45) is 0 Å². The number of aromatic carboxylic acids is 1. The normalized spacial score (nSPS) is 10.3. The van der Waals surface area contributed by atoms with Gasteiger partial charge in [0, 0.05) is 31.7 Å². The van der Waals surface area contributed by atoms with Crippen LogP contribution in [0.3, 0.4) is 0 Å². The van der Waals surface area contributed by atoms with Crippen LogP contribution in [0.1, 0.15) is 23.2 Å². The number of anilines is 1. The third-order valence-corrected chi connectivity index (χ3v) is 2.72. The Kier molecular flexibility index (Phi) is 4.49. The monoisotopic (exact) mass is 260 g/mol. The Balaban J connectivity index is 1.66. The molecule has 0 unspecified atom stereocenters. The molecule has 0 aromatic carbocycles. The van der Waals surface area contributed by atoms with Gasteiger partial charge in [-0.05, 0) is 25.0 Å². The number of carboxylic acid groups (broad SMARTS) is 1. The van der Waals surface area contributed by atoms with Crippen molar-refractivity contribution in [3.8, 4) is 0 Å². The number of aryl methyl sites for hydroxylation is 1. The van der Waals surface area contributed by atoms with Gasteiger partial charge in [-0.25, -0.2) is 14.8 Å². The molecule has 2 N–H and O–H groups in total. The highest BCUT2D eigenvalue weighted by Gasteiger charge is 2.02. The van der Waals surface area contributed by atoms with Gasteiger partial charge in [-0.2, -0.15) is 0 Å². The average Bonchev–Trinajstić information content (AvgIpc) is 2.92. The van der Waals surface area contributed by atoms with E-state index in [1.165, 1.54) is 6.20 Å². The first-order chi connectivity index (χ1) is 9.25. The number of unbranched alkanes of at least 4 members (excludes halogenated alkanes) is 1. The van der Waals surface area contributed by atoms with E-state index < -0.39 is 5.97 Å². The predicted molar refractivity (Wildman–Crippen MR) is 71.1 cm³/mol. The molecule has 2 aromatic heterocycles. The number of pyridine rings is 1. The highest BCUT2D eigenvalue weighted by atomic mass is 16.4. The topological polar surface area (TPSA) is 80.0 Å². The fourth-order valence-corrected chi connectivity index (χ4v) is 1.68. The lowest BCUT2D eigenvalue weighted by Gasteiger charge is -2.06. The number of nitrogens with zero attached hydrogens (tertiary/aromatic N) is 3. The van der Waals surface area contributed by atoms with Gasteiger partial charge in [-0.1, -0.05) is 0 Å². The van der Waals surface area contributed by atoms with Gasteiger partial charge in [-0.15, -0.1) is 0 Å². The van der Waals surface area contributed by atoms with Gasteiger partial charge in [0.2, 0.25) is 0 Å². The van der Waals surface area contributed by atoms with Crippen LogP contribution in [0.15, 0.2) is 37.1 Å². The van der Waals surface area contributed by atoms with Crippen molar-refractivity contribution in [1.29, 1.82) is 0 Å². The van der Waals surface area contributed by atoms with Gasteiger partial charge < -0.3 is 15.0 Å². The van der Waals surface area contributed by atoms with E-state index in [0.717, 1.165) is 25.9 Å². The minimum Gasteiger partial charge on any atom is -0.478 e. The summed E-state index contributed by atoms with van der Waals surface area (Å²) in [5.41, 5.74) is 0.200. The maximum atomic E-state index is 10.7. The Hall–Kier alpha value is -2.37. The van der Waals surface area contributed by atoms with Gasteiger partial charge in [0.15, 0.2) is 0 Å². The second-order valence-corrected chi connectivity index (χ2v) is 4.17. The molecule has 0 bridgehead atoms. The van der Waals surface area contributed by atoms with Crippen LogP contribution in [0, 0.1) is 0 Å². The summed E-state index contributed by atoms with van der Waals surface area (Å²) in [7, 11) is 0. The molecule has 6 heteroatoms. The summed E-state index contributed by atoms with van der Waals surface area (Å²) in [5.74, 6) is -0.257. The molecule has 2 rings (SSSR count). The van der Waals surface area contributed by atoms with Gasteiger partial charge in [0.1, 0.15) is 5.82 Å². The average molecular weight is 260 g/mol.